The summed E-state index contributed by atoms with van der Waals surface area (Å²) in [6.45, 7) is 2.23. The number of carbonyl (C=O) groups is 2. The van der Waals surface area contributed by atoms with E-state index in [4.69, 9.17) is 4.74 Å². The van der Waals surface area contributed by atoms with Crippen molar-refractivity contribution in [2.24, 2.45) is 9.98 Å². The second-order valence-corrected chi connectivity index (χ2v) is 6.00. The van der Waals surface area contributed by atoms with E-state index in [0.29, 0.717) is 17.3 Å². The van der Waals surface area contributed by atoms with Gasteiger partial charge >= 0.3 is 0 Å². The molecular weight excluding hydrogens is 338 g/mol. The van der Waals surface area contributed by atoms with Crippen LogP contribution in [-0.2, 0) is 4.79 Å². The third kappa shape index (κ3) is 5.15. The summed E-state index contributed by atoms with van der Waals surface area (Å²) in [6.07, 6.45) is 5.45. The quantitative estimate of drug-likeness (QED) is 0.627. The Morgan fingerprint density at radius 3 is 2.44 bits per heavy atom. The lowest BCUT2D eigenvalue weighted by Gasteiger charge is -2.09. The Kier molecular flexibility index (Phi) is 6.71. The fourth-order valence-electron chi connectivity index (χ4n) is 2.10. The van der Waals surface area contributed by atoms with Gasteiger partial charge in [0.15, 0.2) is 0 Å². The van der Waals surface area contributed by atoms with Crippen molar-refractivity contribution in [3.05, 3.63) is 46.9 Å². The van der Waals surface area contributed by atoms with E-state index < -0.39 is 0 Å². The van der Waals surface area contributed by atoms with Gasteiger partial charge in [-0.1, -0.05) is 18.2 Å². The van der Waals surface area contributed by atoms with Gasteiger partial charge in [0.2, 0.25) is 0 Å². The SMILES string of the molecule is C/C=C\C(=NC)C(COc1ccc(/C=C2/SC(=O)NC2=O)cc1)=NC. The van der Waals surface area contributed by atoms with Crippen LogP contribution in [0.15, 0.2) is 51.3 Å². The summed E-state index contributed by atoms with van der Waals surface area (Å²) in [7, 11) is 3.42. The number of hydrogen-bond acceptors (Lipinski definition) is 6. The lowest BCUT2D eigenvalue weighted by molar-refractivity contribution is -0.115. The first kappa shape index (κ1) is 18.7. The van der Waals surface area contributed by atoms with E-state index in [-0.39, 0.29) is 11.1 Å². The molecule has 2 amide bonds. The second-order valence-electron chi connectivity index (χ2n) is 4.99. The maximum Gasteiger partial charge on any atom is 0.290 e. The van der Waals surface area contributed by atoms with Gasteiger partial charge in [-0.2, -0.15) is 0 Å². The molecule has 0 saturated carbocycles. The van der Waals surface area contributed by atoms with Gasteiger partial charge in [-0.25, -0.2) is 0 Å². The fraction of sp³-hybridized carbons (Fsp3) is 0.222. The van der Waals surface area contributed by atoms with Crippen LogP contribution in [0, 0.1) is 0 Å². The largest absolute Gasteiger partial charge is 0.487 e. The van der Waals surface area contributed by atoms with Crippen LogP contribution < -0.4 is 10.1 Å². The van der Waals surface area contributed by atoms with Crippen molar-refractivity contribution in [1.82, 2.24) is 5.32 Å². The number of allylic oxidation sites excluding steroid dienone is 2. The van der Waals surface area contributed by atoms with Crippen LogP contribution in [0.5, 0.6) is 5.75 Å². The predicted molar refractivity (Wildman–Crippen MR) is 103 cm³/mol. The molecule has 1 saturated heterocycles. The van der Waals surface area contributed by atoms with Crippen LogP contribution in [0.4, 0.5) is 4.79 Å². The van der Waals surface area contributed by atoms with Gasteiger partial charge in [-0.3, -0.25) is 24.9 Å². The highest BCUT2D eigenvalue weighted by Gasteiger charge is 2.24. The molecule has 0 atom stereocenters. The molecule has 1 N–H and O–H groups in total. The van der Waals surface area contributed by atoms with Gasteiger partial charge < -0.3 is 4.74 Å². The molecule has 1 heterocycles. The van der Waals surface area contributed by atoms with E-state index in [1.54, 1.807) is 32.3 Å². The number of carbonyl (C=O) groups excluding carboxylic acids is 2. The highest BCUT2D eigenvalue weighted by Crippen LogP contribution is 2.26. The first-order valence-corrected chi connectivity index (χ1v) is 8.42. The lowest BCUT2D eigenvalue weighted by Crippen LogP contribution is -2.20. The Morgan fingerprint density at radius 2 is 1.92 bits per heavy atom. The molecule has 2 rings (SSSR count). The molecule has 0 bridgehead atoms. The van der Waals surface area contributed by atoms with Crippen molar-refractivity contribution in [3.63, 3.8) is 0 Å². The number of aliphatic imine (C=N–C) groups is 2. The summed E-state index contributed by atoms with van der Waals surface area (Å²) in [6, 6.07) is 7.25. The Balaban J connectivity index is 2.02. The number of nitrogens with zero attached hydrogens (tertiary/aromatic N) is 2. The van der Waals surface area contributed by atoms with Gasteiger partial charge in [0, 0.05) is 14.1 Å². The van der Waals surface area contributed by atoms with Crippen molar-refractivity contribution in [2.45, 2.75) is 6.92 Å². The monoisotopic (exact) mass is 357 g/mol. The van der Waals surface area contributed by atoms with Gasteiger partial charge in [-0.05, 0) is 48.5 Å². The summed E-state index contributed by atoms with van der Waals surface area (Å²) in [5, 5.41) is 1.88. The lowest BCUT2D eigenvalue weighted by atomic mass is 10.2. The van der Waals surface area contributed by atoms with Crippen molar-refractivity contribution < 1.29 is 14.3 Å². The molecule has 1 aliphatic heterocycles. The zero-order chi connectivity index (χ0) is 18.2. The van der Waals surface area contributed by atoms with Gasteiger partial charge in [-0.15, -0.1) is 0 Å². The maximum absolute atomic E-state index is 11.5. The minimum atomic E-state index is -0.366. The van der Waals surface area contributed by atoms with Crippen LogP contribution in [0.2, 0.25) is 0 Å². The zero-order valence-corrected chi connectivity index (χ0v) is 15.1. The first-order chi connectivity index (χ1) is 12.1. The normalized spacial score (nSPS) is 17.5. The molecule has 130 valence electrons. The third-order valence-corrected chi connectivity index (χ3v) is 4.14. The van der Waals surface area contributed by atoms with Crippen LogP contribution in [0.3, 0.4) is 0 Å². The summed E-state index contributed by atoms with van der Waals surface area (Å²) < 4.78 is 5.75. The fourth-order valence-corrected chi connectivity index (χ4v) is 2.78. The summed E-state index contributed by atoms with van der Waals surface area (Å²) in [4.78, 5) is 31.5. The standard InChI is InChI=1S/C18H19N3O3S/c1-4-5-14(19-2)15(20-3)11-24-13-8-6-12(7-9-13)10-16-17(22)21-18(23)25-16/h4-10H,11H2,1-3H3,(H,21,22,23)/b5-4-,16-10+,19-14?,20-15?. The molecule has 0 unspecified atom stereocenters. The van der Waals surface area contributed by atoms with Crippen LogP contribution >= 0.6 is 11.8 Å². The second kappa shape index (κ2) is 8.98. The summed E-state index contributed by atoms with van der Waals surface area (Å²) >= 11 is 0.895. The number of thioether (sulfide) groups is 1. The van der Waals surface area contributed by atoms with Crippen LogP contribution in [0.1, 0.15) is 12.5 Å². The number of imide groups is 1. The van der Waals surface area contributed by atoms with E-state index in [9.17, 15) is 9.59 Å². The van der Waals surface area contributed by atoms with Crippen molar-refractivity contribution in [1.29, 1.82) is 0 Å². The number of rotatable bonds is 6. The van der Waals surface area contributed by atoms with Crippen molar-refractivity contribution in [3.8, 4) is 5.75 Å². The molecule has 0 aliphatic carbocycles. The van der Waals surface area contributed by atoms with E-state index in [2.05, 4.69) is 15.3 Å². The molecule has 1 fully saturated rings. The van der Waals surface area contributed by atoms with Gasteiger partial charge in [0.1, 0.15) is 12.4 Å². The Morgan fingerprint density at radius 1 is 1.20 bits per heavy atom. The topological polar surface area (TPSA) is 80.1 Å². The summed E-state index contributed by atoms with van der Waals surface area (Å²) in [5.74, 6) is 0.313. The highest BCUT2D eigenvalue weighted by molar-refractivity contribution is 8.18. The minimum absolute atomic E-state index is 0.306. The van der Waals surface area contributed by atoms with E-state index in [1.165, 1.54) is 0 Å². The minimum Gasteiger partial charge on any atom is -0.487 e. The summed E-state index contributed by atoms with van der Waals surface area (Å²) in [5.41, 5.74) is 2.35. The molecule has 0 aromatic heterocycles. The van der Waals surface area contributed by atoms with Gasteiger partial charge in [0.05, 0.1) is 16.3 Å². The number of amides is 2. The zero-order valence-electron chi connectivity index (χ0n) is 14.3. The smallest absolute Gasteiger partial charge is 0.290 e. The van der Waals surface area contributed by atoms with E-state index >= 15 is 0 Å². The molecule has 1 aromatic carbocycles. The van der Waals surface area contributed by atoms with Crippen LogP contribution in [-0.4, -0.2) is 43.3 Å². The average Bonchev–Trinajstić information content (AvgIpc) is 2.92. The van der Waals surface area contributed by atoms with E-state index in [0.717, 1.165) is 28.7 Å². The third-order valence-electron chi connectivity index (χ3n) is 3.33. The number of nitrogens with one attached hydrogen (secondary N) is 1. The molecule has 25 heavy (non-hydrogen) atoms. The Hall–Kier alpha value is -2.67. The number of ether oxygens (including phenoxy) is 1. The number of hydrogen-bond donors (Lipinski definition) is 1. The molecule has 1 aliphatic rings. The molecule has 1 aromatic rings. The molecule has 0 radical (unpaired) electrons. The van der Waals surface area contributed by atoms with E-state index in [1.807, 2.05) is 31.2 Å². The number of benzene rings is 1. The van der Waals surface area contributed by atoms with Crippen molar-refractivity contribution >= 4 is 40.4 Å². The molecule has 6 nitrogen and oxygen atoms in total. The molecule has 7 heteroatoms. The molecule has 0 spiro atoms. The highest BCUT2D eigenvalue weighted by atomic mass is 32.2. The van der Waals surface area contributed by atoms with Crippen molar-refractivity contribution in [2.75, 3.05) is 20.7 Å². The predicted octanol–water partition coefficient (Wildman–Crippen LogP) is 3.11. The Labute approximate surface area is 150 Å². The Bertz CT molecular complexity index is 777. The van der Waals surface area contributed by atoms with Gasteiger partial charge in [0.25, 0.3) is 11.1 Å². The van der Waals surface area contributed by atoms with Crippen LogP contribution in [0.25, 0.3) is 6.08 Å². The first-order valence-electron chi connectivity index (χ1n) is 7.60. The maximum atomic E-state index is 11.5. The average molecular weight is 357 g/mol. The molecular formula is C18H19N3O3S.